The number of halogens is 1. The van der Waals surface area contributed by atoms with Crippen molar-refractivity contribution in [3.8, 4) is 11.5 Å². The molecule has 0 bridgehead atoms. The van der Waals surface area contributed by atoms with E-state index in [4.69, 9.17) is 14.6 Å². The number of ether oxygens (including phenoxy) is 2. The van der Waals surface area contributed by atoms with E-state index in [-0.39, 0.29) is 5.91 Å². The van der Waals surface area contributed by atoms with Crippen molar-refractivity contribution >= 4 is 51.9 Å². The Morgan fingerprint density at radius 2 is 1.74 bits per heavy atom. The fourth-order valence-corrected chi connectivity index (χ4v) is 4.25. The Hall–Kier alpha value is -3.66. The molecule has 0 spiro atoms. The zero-order valence-electron chi connectivity index (χ0n) is 18.3. The van der Waals surface area contributed by atoms with Gasteiger partial charge in [0.15, 0.2) is 18.1 Å². The number of carboxylic acids is 1. The molecule has 7 nitrogen and oxygen atoms in total. The minimum Gasteiger partial charge on any atom is -0.490 e. The van der Waals surface area contributed by atoms with Crippen molar-refractivity contribution in [2.75, 3.05) is 18.2 Å². The molecule has 0 fully saturated rings. The van der Waals surface area contributed by atoms with Crippen molar-refractivity contribution in [3.63, 3.8) is 0 Å². The molecule has 3 aromatic carbocycles. The summed E-state index contributed by atoms with van der Waals surface area (Å²) in [5.41, 5.74) is 3.20. The van der Waals surface area contributed by atoms with Crippen LogP contribution in [-0.2, 0) is 9.59 Å². The molecule has 0 saturated heterocycles. The number of carbonyl (C=O) groups excluding carboxylic acids is 1. The highest BCUT2D eigenvalue weighted by atomic mass is 127. The second kappa shape index (κ2) is 10.5. The molecule has 4 rings (SSSR count). The van der Waals surface area contributed by atoms with E-state index in [0.29, 0.717) is 44.2 Å². The zero-order chi connectivity index (χ0) is 24.1. The summed E-state index contributed by atoms with van der Waals surface area (Å²) >= 11 is 2.07. The van der Waals surface area contributed by atoms with Crippen LogP contribution in [0.4, 0.5) is 5.69 Å². The molecule has 172 valence electrons. The van der Waals surface area contributed by atoms with Crippen LogP contribution < -0.4 is 14.5 Å². The van der Waals surface area contributed by atoms with Crippen molar-refractivity contribution < 1.29 is 24.2 Å². The number of hydrogen-bond donors (Lipinski definition) is 1. The number of rotatable bonds is 8. The number of nitrogens with zero attached hydrogens (tertiary/aromatic N) is 2. The van der Waals surface area contributed by atoms with Gasteiger partial charge in [-0.15, -0.1) is 0 Å². The number of hydrogen-bond acceptors (Lipinski definition) is 5. The van der Waals surface area contributed by atoms with Gasteiger partial charge in [-0.2, -0.15) is 10.1 Å². The van der Waals surface area contributed by atoms with Crippen molar-refractivity contribution in [1.29, 1.82) is 0 Å². The van der Waals surface area contributed by atoms with E-state index >= 15 is 0 Å². The van der Waals surface area contributed by atoms with Gasteiger partial charge in [0.1, 0.15) is 5.71 Å². The fraction of sp³-hybridized carbons (Fsp3) is 0.115. The second-order valence-electron chi connectivity index (χ2n) is 7.27. The van der Waals surface area contributed by atoms with E-state index in [1.807, 2.05) is 73.7 Å². The first-order chi connectivity index (χ1) is 16.5. The van der Waals surface area contributed by atoms with Gasteiger partial charge >= 0.3 is 5.97 Å². The highest BCUT2D eigenvalue weighted by Crippen LogP contribution is 2.36. The molecule has 1 aliphatic rings. The first-order valence-electron chi connectivity index (χ1n) is 10.5. The van der Waals surface area contributed by atoms with Gasteiger partial charge in [0, 0.05) is 5.56 Å². The first kappa shape index (κ1) is 23.5. The maximum absolute atomic E-state index is 13.5. The summed E-state index contributed by atoms with van der Waals surface area (Å²) in [4.78, 5) is 24.4. The summed E-state index contributed by atoms with van der Waals surface area (Å²) in [6.07, 6.45) is 1.77. The quantitative estimate of drug-likeness (QED) is 0.306. The van der Waals surface area contributed by atoms with Crippen molar-refractivity contribution in [3.05, 3.63) is 93.1 Å². The van der Waals surface area contributed by atoms with E-state index in [0.717, 1.165) is 5.56 Å². The van der Waals surface area contributed by atoms with Gasteiger partial charge in [-0.3, -0.25) is 4.79 Å². The second-order valence-corrected chi connectivity index (χ2v) is 8.43. The average Bonchev–Trinajstić information content (AvgIpc) is 3.15. The standard InChI is InChI=1S/C26H21IN2O5/c1-2-33-22-15-17(14-21(27)25(22)34-16-23(30)31)13-20-24(18-9-5-3-6-10-18)28-29(26(20)32)19-11-7-4-8-12-19/h3-15H,2,16H2,1H3,(H,30,31)/b20-13-. The Balaban J connectivity index is 1.79. The van der Waals surface area contributed by atoms with E-state index in [2.05, 4.69) is 27.7 Å². The van der Waals surface area contributed by atoms with Crippen LogP contribution in [0.2, 0.25) is 0 Å². The maximum Gasteiger partial charge on any atom is 0.341 e. The largest absolute Gasteiger partial charge is 0.490 e. The van der Waals surface area contributed by atoms with Crippen LogP contribution in [0.1, 0.15) is 18.1 Å². The Morgan fingerprint density at radius 3 is 2.38 bits per heavy atom. The van der Waals surface area contributed by atoms with Crippen molar-refractivity contribution in [2.24, 2.45) is 5.10 Å². The van der Waals surface area contributed by atoms with E-state index in [1.165, 1.54) is 5.01 Å². The summed E-state index contributed by atoms with van der Waals surface area (Å²) in [5.74, 6) is -0.561. The van der Waals surface area contributed by atoms with E-state index < -0.39 is 12.6 Å². The van der Waals surface area contributed by atoms with Crippen LogP contribution in [0.3, 0.4) is 0 Å². The minimum absolute atomic E-state index is 0.246. The van der Waals surface area contributed by atoms with E-state index in [1.54, 1.807) is 12.1 Å². The Bertz CT molecular complexity index is 1270. The van der Waals surface area contributed by atoms with Gasteiger partial charge in [-0.05, 0) is 65.4 Å². The molecule has 0 unspecified atom stereocenters. The maximum atomic E-state index is 13.5. The third-order valence-electron chi connectivity index (χ3n) is 4.91. The summed E-state index contributed by atoms with van der Waals surface area (Å²) in [6, 6.07) is 22.3. The van der Waals surface area contributed by atoms with Crippen LogP contribution in [0, 0.1) is 3.57 Å². The monoisotopic (exact) mass is 568 g/mol. The molecule has 0 radical (unpaired) electrons. The smallest absolute Gasteiger partial charge is 0.341 e. The Labute approximate surface area is 210 Å². The molecule has 0 saturated carbocycles. The lowest BCUT2D eigenvalue weighted by Crippen LogP contribution is -2.21. The molecule has 8 heteroatoms. The molecule has 1 N–H and O–H groups in total. The van der Waals surface area contributed by atoms with Crippen LogP contribution >= 0.6 is 22.6 Å². The Kier molecular flexibility index (Phi) is 7.27. The minimum atomic E-state index is -1.08. The van der Waals surface area contributed by atoms with Gasteiger partial charge in [0.05, 0.1) is 21.4 Å². The molecule has 1 aliphatic heterocycles. The van der Waals surface area contributed by atoms with Gasteiger partial charge in [-0.25, -0.2) is 4.79 Å². The third kappa shape index (κ3) is 5.12. The molecular formula is C26H21IN2O5. The summed E-state index contributed by atoms with van der Waals surface area (Å²) in [6.45, 7) is 1.72. The molecule has 34 heavy (non-hydrogen) atoms. The number of para-hydroxylation sites is 1. The molecule has 0 atom stereocenters. The normalized spacial score (nSPS) is 14.3. The number of carboxylic acid groups (broad SMARTS) is 1. The van der Waals surface area contributed by atoms with Gasteiger partial charge in [-0.1, -0.05) is 48.5 Å². The first-order valence-corrected chi connectivity index (χ1v) is 11.6. The highest BCUT2D eigenvalue weighted by molar-refractivity contribution is 14.1. The summed E-state index contributed by atoms with van der Waals surface area (Å²) in [5, 5.41) is 15.0. The molecule has 1 amide bonds. The lowest BCUT2D eigenvalue weighted by Gasteiger charge is -2.14. The number of carbonyl (C=O) groups is 2. The number of anilines is 1. The number of benzene rings is 3. The number of aliphatic carboxylic acids is 1. The van der Waals surface area contributed by atoms with Gasteiger partial charge in [0.25, 0.3) is 5.91 Å². The zero-order valence-corrected chi connectivity index (χ0v) is 20.4. The lowest BCUT2D eigenvalue weighted by molar-refractivity contribution is -0.139. The number of amides is 1. The molecule has 3 aromatic rings. The van der Waals surface area contributed by atoms with Crippen LogP contribution in [0.25, 0.3) is 6.08 Å². The van der Waals surface area contributed by atoms with Gasteiger partial charge < -0.3 is 14.6 Å². The van der Waals surface area contributed by atoms with Crippen LogP contribution in [0.5, 0.6) is 11.5 Å². The average molecular weight is 568 g/mol. The number of hydrazone groups is 1. The Morgan fingerprint density at radius 1 is 1.06 bits per heavy atom. The lowest BCUT2D eigenvalue weighted by atomic mass is 10.00. The van der Waals surface area contributed by atoms with Gasteiger partial charge in [0.2, 0.25) is 0 Å². The topological polar surface area (TPSA) is 88.4 Å². The van der Waals surface area contributed by atoms with Crippen molar-refractivity contribution in [1.82, 2.24) is 0 Å². The van der Waals surface area contributed by atoms with Crippen molar-refractivity contribution in [2.45, 2.75) is 6.92 Å². The molecule has 0 aliphatic carbocycles. The summed E-state index contributed by atoms with van der Waals surface area (Å²) < 4.78 is 11.8. The van der Waals surface area contributed by atoms with Crippen LogP contribution in [-0.4, -0.2) is 35.9 Å². The molecular weight excluding hydrogens is 547 g/mol. The predicted molar refractivity (Wildman–Crippen MR) is 138 cm³/mol. The molecule has 0 aromatic heterocycles. The molecule has 1 heterocycles. The highest BCUT2D eigenvalue weighted by Gasteiger charge is 2.32. The predicted octanol–water partition coefficient (Wildman–Crippen LogP) is 4.99. The SMILES string of the molecule is CCOc1cc(/C=C2\C(=O)N(c3ccccc3)N=C2c2ccccc2)cc(I)c1OCC(=O)O. The fourth-order valence-electron chi connectivity index (χ4n) is 3.47. The van der Waals surface area contributed by atoms with E-state index in [9.17, 15) is 9.59 Å². The summed E-state index contributed by atoms with van der Waals surface area (Å²) in [7, 11) is 0. The van der Waals surface area contributed by atoms with Crippen LogP contribution in [0.15, 0.2) is 83.5 Å². The third-order valence-corrected chi connectivity index (χ3v) is 5.71.